The highest BCUT2D eigenvalue weighted by Gasteiger charge is 2.45. The first-order chi connectivity index (χ1) is 7.13. The average Bonchev–Trinajstić information content (AvgIpc) is 2.45. The van der Waals surface area contributed by atoms with Crippen molar-refractivity contribution in [2.75, 3.05) is 7.05 Å². The van der Waals surface area contributed by atoms with Crippen LogP contribution in [0.2, 0.25) is 0 Å². The van der Waals surface area contributed by atoms with Crippen LogP contribution in [-0.4, -0.2) is 29.1 Å². The molecule has 0 saturated carbocycles. The van der Waals surface area contributed by atoms with Crippen molar-refractivity contribution in [3.63, 3.8) is 0 Å². The molecule has 4 heteroatoms. The maximum atomic E-state index is 11.7. The number of nitrogens with zero attached hydrogens (tertiary/aromatic N) is 1. The van der Waals surface area contributed by atoms with E-state index in [1.165, 1.54) is 7.05 Å². The van der Waals surface area contributed by atoms with Crippen LogP contribution in [0.25, 0.3) is 0 Å². The highest BCUT2D eigenvalue weighted by Crippen LogP contribution is 2.32. The molecule has 0 bridgehead atoms. The molecule has 1 aliphatic rings. The molecule has 0 radical (unpaired) electrons. The number of halogens is 1. The van der Waals surface area contributed by atoms with Gasteiger partial charge in [0.25, 0.3) is 0 Å². The van der Waals surface area contributed by atoms with Gasteiger partial charge in [0.2, 0.25) is 11.8 Å². The minimum Gasteiger partial charge on any atom is -0.284 e. The van der Waals surface area contributed by atoms with E-state index < -0.39 is 11.3 Å². The zero-order chi connectivity index (χ0) is 11.0. The molecular formula is C11H10ClNO2. The summed E-state index contributed by atoms with van der Waals surface area (Å²) < 4.78 is 0. The lowest BCUT2D eigenvalue weighted by molar-refractivity contribution is -0.136. The second kappa shape index (κ2) is 3.66. The molecule has 0 aromatic heterocycles. The lowest BCUT2D eigenvalue weighted by Crippen LogP contribution is -2.26. The summed E-state index contributed by atoms with van der Waals surface area (Å²) in [5, 5.41) is -0.773. The SMILES string of the molecule is CN1C(=O)C(Cl)C(c2ccccc2)C1=O. The third kappa shape index (κ3) is 1.53. The average molecular weight is 224 g/mol. The highest BCUT2D eigenvalue weighted by atomic mass is 35.5. The second-order valence-electron chi connectivity index (χ2n) is 3.53. The number of hydrogen-bond acceptors (Lipinski definition) is 2. The van der Waals surface area contributed by atoms with Crippen molar-refractivity contribution in [2.45, 2.75) is 11.3 Å². The summed E-state index contributed by atoms with van der Waals surface area (Å²) >= 11 is 5.94. The number of alkyl halides is 1. The molecule has 1 saturated heterocycles. The predicted molar refractivity (Wildman–Crippen MR) is 56.6 cm³/mol. The monoisotopic (exact) mass is 223 g/mol. The van der Waals surface area contributed by atoms with Crippen LogP contribution in [0.5, 0.6) is 0 Å². The fraction of sp³-hybridized carbons (Fsp3) is 0.273. The van der Waals surface area contributed by atoms with Gasteiger partial charge in [-0.15, -0.1) is 11.6 Å². The van der Waals surface area contributed by atoms with Crippen molar-refractivity contribution in [2.24, 2.45) is 0 Å². The number of amides is 2. The molecule has 2 rings (SSSR count). The van der Waals surface area contributed by atoms with E-state index in [0.717, 1.165) is 10.5 Å². The lowest BCUT2D eigenvalue weighted by atomic mass is 9.97. The molecule has 0 N–H and O–H groups in total. The van der Waals surface area contributed by atoms with Crippen molar-refractivity contribution in [1.29, 1.82) is 0 Å². The van der Waals surface area contributed by atoms with Crippen LogP contribution in [0.15, 0.2) is 30.3 Å². The lowest BCUT2D eigenvalue weighted by Gasteiger charge is -2.09. The van der Waals surface area contributed by atoms with E-state index in [1.54, 1.807) is 0 Å². The molecule has 0 spiro atoms. The Labute approximate surface area is 92.6 Å². The van der Waals surface area contributed by atoms with Crippen molar-refractivity contribution in [3.05, 3.63) is 35.9 Å². The molecule has 1 aromatic carbocycles. The number of carbonyl (C=O) groups is 2. The molecular weight excluding hydrogens is 214 g/mol. The van der Waals surface area contributed by atoms with Gasteiger partial charge < -0.3 is 0 Å². The van der Waals surface area contributed by atoms with E-state index in [2.05, 4.69) is 0 Å². The van der Waals surface area contributed by atoms with Gasteiger partial charge in [0.1, 0.15) is 5.38 Å². The van der Waals surface area contributed by atoms with Gasteiger partial charge in [-0.2, -0.15) is 0 Å². The summed E-state index contributed by atoms with van der Waals surface area (Å²) in [5.41, 5.74) is 0.792. The summed E-state index contributed by atoms with van der Waals surface area (Å²) in [4.78, 5) is 24.3. The van der Waals surface area contributed by atoms with E-state index in [-0.39, 0.29) is 11.8 Å². The fourth-order valence-electron chi connectivity index (χ4n) is 1.74. The Balaban J connectivity index is 2.39. The van der Waals surface area contributed by atoms with Crippen LogP contribution in [0.3, 0.4) is 0 Å². The molecule has 78 valence electrons. The third-order valence-electron chi connectivity index (χ3n) is 2.61. The Kier molecular flexibility index (Phi) is 2.49. The first-order valence-electron chi connectivity index (χ1n) is 4.63. The van der Waals surface area contributed by atoms with Crippen LogP contribution in [-0.2, 0) is 9.59 Å². The highest BCUT2D eigenvalue weighted by molar-refractivity contribution is 6.36. The Hall–Kier alpha value is -1.35. The Morgan fingerprint density at radius 1 is 1.13 bits per heavy atom. The standard InChI is InChI=1S/C11H10ClNO2/c1-13-10(14)8(9(12)11(13)15)7-5-3-2-4-6-7/h2-6,8-9H,1H3. The van der Waals surface area contributed by atoms with Gasteiger partial charge in [-0.3, -0.25) is 14.5 Å². The van der Waals surface area contributed by atoms with Crippen LogP contribution in [0.4, 0.5) is 0 Å². The van der Waals surface area contributed by atoms with E-state index in [0.29, 0.717) is 0 Å². The Morgan fingerprint density at radius 3 is 2.20 bits per heavy atom. The molecule has 1 heterocycles. The van der Waals surface area contributed by atoms with E-state index >= 15 is 0 Å². The number of benzene rings is 1. The van der Waals surface area contributed by atoms with Gasteiger partial charge >= 0.3 is 0 Å². The van der Waals surface area contributed by atoms with Crippen LogP contribution in [0, 0.1) is 0 Å². The van der Waals surface area contributed by atoms with Gasteiger partial charge in [-0.05, 0) is 5.56 Å². The number of imide groups is 1. The van der Waals surface area contributed by atoms with E-state index in [1.807, 2.05) is 30.3 Å². The summed E-state index contributed by atoms with van der Waals surface area (Å²) in [5.74, 6) is -1.09. The number of likely N-dealkylation sites (tertiary alicyclic amines) is 1. The van der Waals surface area contributed by atoms with Crippen LogP contribution in [0.1, 0.15) is 11.5 Å². The maximum Gasteiger partial charge on any atom is 0.248 e. The smallest absolute Gasteiger partial charge is 0.248 e. The summed E-state index contributed by atoms with van der Waals surface area (Å²) in [6.07, 6.45) is 0. The van der Waals surface area contributed by atoms with Gasteiger partial charge in [-0.25, -0.2) is 0 Å². The van der Waals surface area contributed by atoms with Gasteiger partial charge in [-0.1, -0.05) is 30.3 Å². The number of carbonyl (C=O) groups excluding carboxylic acids is 2. The fourth-order valence-corrected chi connectivity index (χ4v) is 2.14. The zero-order valence-corrected chi connectivity index (χ0v) is 8.94. The molecule has 3 nitrogen and oxygen atoms in total. The van der Waals surface area contributed by atoms with Crippen molar-refractivity contribution in [3.8, 4) is 0 Å². The second-order valence-corrected chi connectivity index (χ2v) is 4.00. The molecule has 1 aromatic rings. The quantitative estimate of drug-likeness (QED) is 0.533. The first kappa shape index (κ1) is 10.2. The number of likely N-dealkylation sites (N-methyl/N-ethyl adjacent to an activating group) is 1. The molecule has 15 heavy (non-hydrogen) atoms. The van der Waals surface area contributed by atoms with E-state index in [4.69, 9.17) is 11.6 Å². The topological polar surface area (TPSA) is 37.4 Å². The van der Waals surface area contributed by atoms with Crippen molar-refractivity contribution < 1.29 is 9.59 Å². The Bertz CT molecular complexity index is 404. The normalized spacial score (nSPS) is 26.1. The first-order valence-corrected chi connectivity index (χ1v) is 5.07. The number of hydrogen-bond donors (Lipinski definition) is 0. The molecule has 2 amide bonds. The zero-order valence-electron chi connectivity index (χ0n) is 8.18. The van der Waals surface area contributed by atoms with Crippen molar-refractivity contribution in [1.82, 2.24) is 4.90 Å². The van der Waals surface area contributed by atoms with Gasteiger partial charge in [0.15, 0.2) is 0 Å². The molecule has 2 atom stereocenters. The maximum absolute atomic E-state index is 11.7. The largest absolute Gasteiger partial charge is 0.284 e. The summed E-state index contributed by atoms with van der Waals surface area (Å²) in [6, 6.07) is 9.14. The van der Waals surface area contributed by atoms with E-state index in [9.17, 15) is 9.59 Å². The minimum atomic E-state index is -0.773. The van der Waals surface area contributed by atoms with Crippen molar-refractivity contribution >= 4 is 23.4 Å². The van der Waals surface area contributed by atoms with Gasteiger partial charge in [0.05, 0.1) is 5.92 Å². The molecule has 0 aliphatic carbocycles. The van der Waals surface area contributed by atoms with Gasteiger partial charge in [0, 0.05) is 7.05 Å². The number of rotatable bonds is 1. The summed E-state index contributed by atoms with van der Waals surface area (Å²) in [6.45, 7) is 0. The Morgan fingerprint density at radius 2 is 1.73 bits per heavy atom. The molecule has 2 unspecified atom stereocenters. The van der Waals surface area contributed by atoms with Crippen LogP contribution < -0.4 is 0 Å². The minimum absolute atomic E-state index is 0.230. The molecule has 1 fully saturated rings. The third-order valence-corrected chi connectivity index (χ3v) is 3.05. The predicted octanol–water partition coefficient (Wildman–Crippen LogP) is 1.38. The van der Waals surface area contributed by atoms with Crippen LogP contribution >= 0.6 is 11.6 Å². The summed E-state index contributed by atoms with van der Waals surface area (Å²) in [7, 11) is 1.46. The molecule has 1 aliphatic heterocycles.